The van der Waals surface area contributed by atoms with E-state index in [1.807, 2.05) is 30.3 Å². The molecule has 0 bridgehead atoms. The molecule has 0 fully saturated rings. The number of Topliss-reactive ketones (excluding diaryl/α,β-unsaturated/α-hetero) is 1. The van der Waals surface area contributed by atoms with E-state index in [2.05, 4.69) is 10.6 Å². The Labute approximate surface area is 157 Å². The second-order valence-electron chi connectivity index (χ2n) is 5.88. The molecule has 0 aliphatic heterocycles. The van der Waals surface area contributed by atoms with Gasteiger partial charge in [-0.05, 0) is 30.7 Å². The van der Waals surface area contributed by atoms with Crippen molar-refractivity contribution < 1.29 is 23.9 Å². The van der Waals surface area contributed by atoms with Crippen molar-refractivity contribution in [2.75, 3.05) is 12.4 Å². The van der Waals surface area contributed by atoms with E-state index in [4.69, 9.17) is 9.47 Å². The van der Waals surface area contributed by atoms with E-state index in [1.54, 1.807) is 19.1 Å². The Hall–Kier alpha value is -3.35. The normalized spacial score (nSPS) is 11.2. The summed E-state index contributed by atoms with van der Waals surface area (Å²) >= 11 is 0. The summed E-state index contributed by atoms with van der Waals surface area (Å²) in [6, 6.07) is 13.1. The lowest BCUT2D eigenvalue weighted by atomic mass is 10.0. The quantitative estimate of drug-likeness (QED) is 0.730. The van der Waals surface area contributed by atoms with Gasteiger partial charge in [0.2, 0.25) is 5.91 Å². The molecular formula is C20H22N2O5. The van der Waals surface area contributed by atoms with Gasteiger partial charge in [0, 0.05) is 12.5 Å². The summed E-state index contributed by atoms with van der Waals surface area (Å²) < 4.78 is 10.3. The molecule has 0 aliphatic rings. The van der Waals surface area contributed by atoms with Crippen LogP contribution in [0.1, 0.15) is 29.8 Å². The molecule has 0 spiro atoms. The lowest BCUT2D eigenvalue weighted by Crippen LogP contribution is -2.39. The monoisotopic (exact) mass is 370 g/mol. The predicted molar refractivity (Wildman–Crippen MR) is 101 cm³/mol. The minimum Gasteiger partial charge on any atom is -0.497 e. The van der Waals surface area contributed by atoms with Crippen molar-refractivity contribution in [1.29, 1.82) is 0 Å². The van der Waals surface area contributed by atoms with Crippen LogP contribution in [0.2, 0.25) is 0 Å². The third-order valence-corrected chi connectivity index (χ3v) is 3.74. The highest BCUT2D eigenvalue weighted by atomic mass is 16.5. The standard InChI is InChI=1S/C20H22N2O5/c1-13(21-20(25)27-12-15-7-5-4-6-8-15)19(24)17-11-16(26-3)9-10-18(17)22-14(2)23/h4-11,13H,12H2,1-3H3,(H,21,25)(H,22,23)/t13-/m0/s1. The fourth-order valence-electron chi connectivity index (χ4n) is 2.39. The molecule has 27 heavy (non-hydrogen) atoms. The predicted octanol–water partition coefficient (Wildman–Crippen LogP) is 3.15. The van der Waals surface area contributed by atoms with Crippen LogP contribution >= 0.6 is 0 Å². The first kappa shape index (κ1) is 20.0. The SMILES string of the molecule is COc1ccc(NC(C)=O)c(C(=O)[C@H](C)NC(=O)OCc2ccccc2)c1. The van der Waals surface area contributed by atoms with E-state index in [0.717, 1.165) is 5.56 Å². The van der Waals surface area contributed by atoms with Crippen LogP contribution in [-0.2, 0) is 16.1 Å². The van der Waals surface area contributed by atoms with Gasteiger partial charge >= 0.3 is 6.09 Å². The molecule has 7 heteroatoms. The number of ketones is 1. The molecule has 2 aromatic rings. The van der Waals surface area contributed by atoms with E-state index in [1.165, 1.54) is 20.1 Å². The number of hydrogen-bond donors (Lipinski definition) is 2. The number of anilines is 1. The van der Waals surface area contributed by atoms with Gasteiger partial charge in [-0.25, -0.2) is 4.79 Å². The molecule has 0 aliphatic carbocycles. The highest BCUT2D eigenvalue weighted by Crippen LogP contribution is 2.23. The van der Waals surface area contributed by atoms with Crippen LogP contribution < -0.4 is 15.4 Å². The van der Waals surface area contributed by atoms with Gasteiger partial charge < -0.3 is 20.1 Å². The maximum atomic E-state index is 12.7. The Morgan fingerprint density at radius 2 is 1.78 bits per heavy atom. The van der Waals surface area contributed by atoms with Crippen molar-refractivity contribution in [3.63, 3.8) is 0 Å². The Bertz CT molecular complexity index is 820. The average molecular weight is 370 g/mol. The molecule has 2 aromatic carbocycles. The van der Waals surface area contributed by atoms with Gasteiger partial charge in [-0.3, -0.25) is 9.59 Å². The maximum Gasteiger partial charge on any atom is 0.408 e. The first-order valence-electron chi connectivity index (χ1n) is 8.37. The van der Waals surface area contributed by atoms with E-state index < -0.39 is 12.1 Å². The van der Waals surface area contributed by atoms with Gasteiger partial charge in [-0.1, -0.05) is 30.3 Å². The third-order valence-electron chi connectivity index (χ3n) is 3.74. The topological polar surface area (TPSA) is 93.7 Å². The fourth-order valence-corrected chi connectivity index (χ4v) is 2.39. The molecule has 0 radical (unpaired) electrons. The number of amides is 2. The van der Waals surface area contributed by atoms with Crippen molar-refractivity contribution in [2.24, 2.45) is 0 Å². The summed E-state index contributed by atoms with van der Waals surface area (Å²) in [5, 5.41) is 5.10. The largest absolute Gasteiger partial charge is 0.497 e. The van der Waals surface area contributed by atoms with Crippen molar-refractivity contribution in [3.8, 4) is 5.75 Å². The number of methoxy groups -OCH3 is 1. The van der Waals surface area contributed by atoms with Crippen LogP contribution in [-0.4, -0.2) is 30.9 Å². The number of rotatable bonds is 7. The van der Waals surface area contributed by atoms with E-state index in [-0.39, 0.29) is 23.9 Å². The van der Waals surface area contributed by atoms with Crippen molar-refractivity contribution in [2.45, 2.75) is 26.5 Å². The Morgan fingerprint density at radius 3 is 2.41 bits per heavy atom. The molecule has 2 rings (SSSR count). The highest BCUT2D eigenvalue weighted by Gasteiger charge is 2.22. The maximum absolute atomic E-state index is 12.7. The second kappa shape index (κ2) is 9.38. The summed E-state index contributed by atoms with van der Waals surface area (Å²) in [5.41, 5.74) is 1.42. The van der Waals surface area contributed by atoms with Crippen molar-refractivity contribution in [1.82, 2.24) is 5.32 Å². The van der Waals surface area contributed by atoms with Crippen LogP contribution in [0.3, 0.4) is 0 Å². The average Bonchev–Trinajstić information content (AvgIpc) is 2.66. The lowest BCUT2D eigenvalue weighted by Gasteiger charge is -2.16. The second-order valence-corrected chi connectivity index (χ2v) is 5.88. The van der Waals surface area contributed by atoms with Crippen molar-refractivity contribution >= 4 is 23.5 Å². The molecule has 2 amide bonds. The number of carbonyl (C=O) groups excluding carboxylic acids is 3. The number of nitrogens with one attached hydrogen (secondary N) is 2. The lowest BCUT2D eigenvalue weighted by molar-refractivity contribution is -0.114. The number of hydrogen-bond acceptors (Lipinski definition) is 5. The Balaban J connectivity index is 2.05. The number of ether oxygens (including phenoxy) is 2. The van der Waals surface area contributed by atoms with Gasteiger partial charge in [0.15, 0.2) is 5.78 Å². The molecule has 0 unspecified atom stereocenters. The Morgan fingerprint density at radius 1 is 1.07 bits per heavy atom. The van der Waals surface area contributed by atoms with Gasteiger partial charge in [-0.2, -0.15) is 0 Å². The molecule has 142 valence electrons. The van der Waals surface area contributed by atoms with Crippen LogP contribution in [0.25, 0.3) is 0 Å². The van der Waals surface area contributed by atoms with Gasteiger partial charge in [-0.15, -0.1) is 0 Å². The van der Waals surface area contributed by atoms with E-state index in [0.29, 0.717) is 11.4 Å². The fraction of sp³-hybridized carbons (Fsp3) is 0.250. The molecule has 0 aromatic heterocycles. The summed E-state index contributed by atoms with van der Waals surface area (Å²) in [6.45, 7) is 2.99. The first-order valence-corrected chi connectivity index (χ1v) is 8.37. The summed E-state index contributed by atoms with van der Waals surface area (Å²) in [7, 11) is 1.48. The summed E-state index contributed by atoms with van der Waals surface area (Å²) in [4.78, 5) is 36.1. The first-order chi connectivity index (χ1) is 12.9. The van der Waals surface area contributed by atoms with Gasteiger partial charge in [0.25, 0.3) is 0 Å². The van der Waals surface area contributed by atoms with E-state index >= 15 is 0 Å². The summed E-state index contributed by atoms with van der Waals surface area (Å²) in [5.74, 6) is -0.224. The summed E-state index contributed by atoms with van der Waals surface area (Å²) in [6.07, 6.45) is -0.705. The number of benzene rings is 2. The molecular weight excluding hydrogens is 348 g/mol. The van der Waals surface area contributed by atoms with Crippen LogP contribution in [0, 0.1) is 0 Å². The van der Waals surface area contributed by atoms with Crippen molar-refractivity contribution in [3.05, 3.63) is 59.7 Å². The smallest absolute Gasteiger partial charge is 0.408 e. The molecule has 1 atom stereocenters. The Kier molecular flexibility index (Phi) is 6.93. The minimum absolute atomic E-state index is 0.101. The molecule has 0 heterocycles. The zero-order valence-corrected chi connectivity index (χ0v) is 15.4. The molecule has 7 nitrogen and oxygen atoms in total. The third kappa shape index (κ3) is 5.85. The number of carbonyl (C=O) groups is 3. The van der Waals surface area contributed by atoms with Crippen LogP contribution in [0.5, 0.6) is 5.75 Å². The minimum atomic E-state index is -0.854. The molecule has 0 saturated heterocycles. The highest BCUT2D eigenvalue weighted by molar-refractivity contribution is 6.08. The van der Waals surface area contributed by atoms with Crippen LogP contribution in [0.4, 0.5) is 10.5 Å². The molecule has 2 N–H and O–H groups in total. The van der Waals surface area contributed by atoms with Gasteiger partial charge in [0.05, 0.1) is 18.8 Å². The zero-order valence-electron chi connectivity index (χ0n) is 15.4. The number of alkyl carbamates (subject to hydrolysis) is 1. The van der Waals surface area contributed by atoms with E-state index in [9.17, 15) is 14.4 Å². The van der Waals surface area contributed by atoms with Crippen LogP contribution in [0.15, 0.2) is 48.5 Å². The van der Waals surface area contributed by atoms with Gasteiger partial charge in [0.1, 0.15) is 12.4 Å². The zero-order chi connectivity index (χ0) is 19.8. The molecule has 0 saturated carbocycles.